The summed E-state index contributed by atoms with van der Waals surface area (Å²) in [6.07, 6.45) is 0. The highest BCUT2D eigenvalue weighted by Crippen LogP contribution is 2.37. The number of hydrogen-bond acceptors (Lipinski definition) is 5. The fourth-order valence-electron chi connectivity index (χ4n) is 5.20. The molecule has 1 N–H and O–H groups in total. The quantitative estimate of drug-likeness (QED) is 0.141. The molecule has 0 saturated heterocycles. The van der Waals surface area contributed by atoms with Gasteiger partial charge in [0.25, 0.3) is 5.91 Å². The molecule has 7 nitrogen and oxygen atoms in total. The van der Waals surface area contributed by atoms with E-state index in [0.717, 1.165) is 27.9 Å². The summed E-state index contributed by atoms with van der Waals surface area (Å²) in [5.74, 6) is -0.104. The van der Waals surface area contributed by atoms with Gasteiger partial charge >= 0.3 is 5.97 Å². The Kier molecular flexibility index (Phi) is 10.6. The van der Waals surface area contributed by atoms with E-state index >= 15 is 0 Å². The molecule has 0 aliphatic carbocycles. The van der Waals surface area contributed by atoms with Gasteiger partial charge in [-0.25, -0.2) is 4.79 Å². The molecule has 1 amide bonds. The second-order valence-electron chi connectivity index (χ2n) is 11.9. The van der Waals surface area contributed by atoms with Crippen molar-refractivity contribution < 1.29 is 24.2 Å². The Balaban J connectivity index is 1.57. The molecule has 0 heterocycles. The Bertz CT molecular complexity index is 1790. The number of benzene rings is 5. The first-order valence-corrected chi connectivity index (χ1v) is 15.6. The minimum Gasteiger partial charge on any atom is -0.488 e. The Hall–Kier alpha value is -5.56. The third-order valence-electron chi connectivity index (χ3n) is 7.90. The van der Waals surface area contributed by atoms with Crippen LogP contribution >= 0.6 is 0 Å². The lowest BCUT2D eigenvalue weighted by Gasteiger charge is -2.26. The third kappa shape index (κ3) is 8.38. The number of carboxylic acid groups (broad SMARTS) is 1. The van der Waals surface area contributed by atoms with E-state index in [1.165, 1.54) is 0 Å². The number of hydrogen-bond donors (Lipinski definition) is 1. The van der Waals surface area contributed by atoms with E-state index in [4.69, 9.17) is 9.47 Å². The van der Waals surface area contributed by atoms with Crippen LogP contribution in [0.3, 0.4) is 0 Å². The van der Waals surface area contributed by atoms with Crippen molar-refractivity contribution in [2.45, 2.75) is 39.5 Å². The third-order valence-corrected chi connectivity index (χ3v) is 7.90. The smallest absolute Gasteiger partial charge is 0.335 e. The van der Waals surface area contributed by atoms with E-state index in [-0.39, 0.29) is 30.5 Å². The molecule has 0 radical (unpaired) electrons. The molecule has 5 rings (SSSR count). The molecular formula is C40H40N2O5. The molecule has 0 atom stereocenters. The molecule has 0 unspecified atom stereocenters. The van der Waals surface area contributed by atoms with Gasteiger partial charge < -0.3 is 24.4 Å². The molecule has 0 saturated carbocycles. The maximum Gasteiger partial charge on any atom is 0.335 e. The summed E-state index contributed by atoms with van der Waals surface area (Å²) in [6.45, 7) is 5.02. The van der Waals surface area contributed by atoms with E-state index in [9.17, 15) is 14.7 Å². The van der Waals surface area contributed by atoms with Gasteiger partial charge in [0, 0.05) is 31.5 Å². The summed E-state index contributed by atoms with van der Waals surface area (Å²) in [7, 11) is 3.93. The van der Waals surface area contributed by atoms with Crippen molar-refractivity contribution in [1.82, 2.24) is 0 Å². The molecular weight excluding hydrogens is 588 g/mol. The summed E-state index contributed by atoms with van der Waals surface area (Å²) in [4.78, 5) is 29.9. The number of amides is 1. The van der Waals surface area contributed by atoms with Crippen molar-refractivity contribution in [2.24, 2.45) is 0 Å². The molecule has 7 heteroatoms. The molecule has 0 aromatic heterocycles. The van der Waals surface area contributed by atoms with Crippen molar-refractivity contribution in [3.63, 3.8) is 0 Å². The molecule has 5 aromatic carbocycles. The number of anilines is 2. The maximum absolute atomic E-state index is 14.7. The van der Waals surface area contributed by atoms with Crippen LogP contribution in [0.15, 0.2) is 121 Å². The maximum atomic E-state index is 14.7. The monoisotopic (exact) mass is 628 g/mol. The Labute approximate surface area is 276 Å². The molecule has 5 aromatic rings. The van der Waals surface area contributed by atoms with E-state index in [0.29, 0.717) is 29.4 Å². The minimum atomic E-state index is -1.00. The van der Waals surface area contributed by atoms with Crippen LogP contribution in [0.4, 0.5) is 11.4 Å². The van der Waals surface area contributed by atoms with Gasteiger partial charge in [-0.1, -0.05) is 86.6 Å². The topological polar surface area (TPSA) is 79.3 Å². The van der Waals surface area contributed by atoms with Crippen molar-refractivity contribution in [3.05, 3.63) is 155 Å². The predicted octanol–water partition coefficient (Wildman–Crippen LogP) is 8.58. The van der Waals surface area contributed by atoms with Crippen LogP contribution in [-0.2, 0) is 19.8 Å². The van der Waals surface area contributed by atoms with Crippen LogP contribution in [0, 0.1) is 0 Å². The van der Waals surface area contributed by atoms with E-state index < -0.39 is 5.97 Å². The largest absolute Gasteiger partial charge is 0.488 e. The molecule has 47 heavy (non-hydrogen) atoms. The molecule has 0 bridgehead atoms. The number of aromatic carboxylic acids is 1. The Morgan fingerprint density at radius 1 is 0.660 bits per heavy atom. The van der Waals surface area contributed by atoms with Gasteiger partial charge in [-0.3, -0.25) is 4.79 Å². The number of carboxylic acids is 1. The lowest BCUT2D eigenvalue weighted by Crippen LogP contribution is -2.31. The highest BCUT2D eigenvalue weighted by molar-refractivity contribution is 6.08. The molecule has 0 spiro atoms. The van der Waals surface area contributed by atoms with E-state index in [1.807, 2.05) is 116 Å². The van der Waals surface area contributed by atoms with Gasteiger partial charge in [0.15, 0.2) is 0 Å². The summed E-state index contributed by atoms with van der Waals surface area (Å²) < 4.78 is 12.8. The van der Waals surface area contributed by atoms with Crippen LogP contribution in [0.25, 0.3) is 0 Å². The zero-order chi connectivity index (χ0) is 33.3. The van der Waals surface area contributed by atoms with Crippen LogP contribution in [0.5, 0.6) is 11.5 Å². The average molecular weight is 629 g/mol. The predicted molar refractivity (Wildman–Crippen MR) is 187 cm³/mol. The summed E-state index contributed by atoms with van der Waals surface area (Å²) in [5, 5.41) is 9.41. The number of nitrogens with zero attached hydrogens (tertiary/aromatic N) is 2. The van der Waals surface area contributed by atoms with Gasteiger partial charge in [-0.15, -0.1) is 0 Å². The van der Waals surface area contributed by atoms with Crippen molar-refractivity contribution in [2.75, 3.05) is 23.9 Å². The molecule has 0 aliphatic rings. The van der Waals surface area contributed by atoms with Gasteiger partial charge in [0.05, 0.1) is 17.7 Å². The zero-order valence-electron chi connectivity index (χ0n) is 27.2. The van der Waals surface area contributed by atoms with Crippen molar-refractivity contribution in [3.8, 4) is 11.5 Å². The number of carbonyl (C=O) groups is 2. The standard InChI is InChI=1S/C40H40N2O5/c1-28(2)35-23-36(38(47-27-31-13-9-6-10-14-31)24-37(35)46-26-30-11-7-5-8-12-30)39(43)42(34-21-19-33(20-22-34)41(3)4)25-29-15-17-32(18-16-29)40(44)45/h5-24,28H,25-27H2,1-4H3,(H,44,45). The molecule has 240 valence electrons. The normalized spacial score (nSPS) is 10.8. The van der Waals surface area contributed by atoms with Crippen LogP contribution in [-0.4, -0.2) is 31.1 Å². The minimum absolute atomic E-state index is 0.0619. The molecule has 0 fully saturated rings. The first-order valence-electron chi connectivity index (χ1n) is 15.6. The average Bonchev–Trinajstić information content (AvgIpc) is 3.09. The highest BCUT2D eigenvalue weighted by atomic mass is 16.5. The first-order chi connectivity index (χ1) is 22.7. The van der Waals surface area contributed by atoms with Crippen molar-refractivity contribution in [1.29, 1.82) is 0 Å². The highest BCUT2D eigenvalue weighted by Gasteiger charge is 2.26. The summed E-state index contributed by atoms with van der Waals surface area (Å²) >= 11 is 0. The lowest BCUT2D eigenvalue weighted by atomic mass is 9.97. The second-order valence-corrected chi connectivity index (χ2v) is 11.9. The lowest BCUT2D eigenvalue weighted by molar-refractivity contribution is 0.0696. The molecule has 0 aliphatic heterocycles. The second kappa shape index (κ2) is 15.1. The Morgan fingerprint density at radius 3 is 1.70 bits per heavy atom. The van der Waals surface area contributed by atoms with Gasteiger partial charge in [-0.2, -0.15) is 0 Å². The summed E-state index contributed by atoms with van der Waals surface area (Å²) in [6, 6.07) is 37.9. The van der Waals surface area contributed by atoms with Crippen molar-refractivity contribution >= 4 is 23.3 Å². The first kappa shape index (κ1) is 32.8. The van der Waals surface area contributed by atoms with Gasteiger partial charge in [-0.05, 0) is 70.6 Å². The van der Waals surface area contributed by atoms with Crippen LogP contribution in [0.2, 0.25) is 0 Å². The van der Waals surface area contributed by atoms with Gasteiger partial charge in [0.1, 0.15) is 24.7 Å². The fraction of sp³-hybridized carbons (Fsp3) is 0.200. The SMILES string of the molecule is CC(C)c1cc(C(=O)N(Cc2ccc(C(=O)O)cc2)c2ccc(N(C)C)cc2)c(OCc2ccccc2)cc1OCc1ccccc1. The van der Waals surface area contributed by atoms with Crippen LogP contribution < -0.4 is 19.3 Å². The number of carbonyl (C=O) groups excluding carboxylic acids is 1. The summed E-state index contributed by atoms with van der Waals surface area (Å²) in [5.41, 5.74) is 5.99. The van der Waals surface area contributed by atoms with Crippen LogP contribution in [0.1, 0.15) is 62.7 Å². The number of rotatable bonds is 13. The van der Waals surface area contributed by atoms with E-state index in [1.54, 1.807) is 29.2 Å². The fourth-order valence-corrected chi connectivity index (χ4v) is 5.20. The van der Waals surface area contributed by atoms with Gasteiger partial charge in [0.2, 0.25) is 0 Å². The van der Waals surface area contributed by atoms with E-state index in [2.05, 4.69) is 13.8 Å². The zero-order valence-corrected chi connectivity index (χ0v) is 27.2. The Morgan fingerprint density at radius 2 is 1.19 bits per heavy atom. The number of ether oxygens (including phenoxy) is 2.